The van der Waals surface area contributed by atoms with Crippen LogP contribution in [-0.2, 0) is 39.8 Å². The van der Waals surface area contributed by atoms with E-state index in [0.29, 0.717) is 17.0 Å². The molecule has 260 valence electrons. The van der Waals surface area contributed by atoms with Gasteiger partial charge in [-0.05, 0) is 44.4 Å². The normalized spacial score (nSPS) is 14.8. The van der Waals surface area contributed by atoms with Gasteiger partial charge in [0.15, 0.2) is 11.0 Å². The number of nitrogens with one attached hydrogen (secondary N) is 1. The molecule has 1 aliphatic rings. The minimum Gasteiger partial charge on any atom is -0.615 e. The van der Waals surface area contributed by atoms with E-state index in [2.05, 4.69) is 5.32 Å². The molecule has 0 saturated carbocycles. The number of nitrogens with two attached hydrogens (primary N) is 1. The maximum Gasteiger partial charge on any atom is 0.337 e. The van der Waals surface area contributed by atoms with Crippen molar-refractivity contribution in [2.24, 2.45) is 5.73 Å². The van der Waals surface area contributed by atoms with Crippen LogP contribution in [-0.4, -0.2) is 59.5 Å². The van der Waals surface area contributed by atoms with Crippen LogP contribution in [0.1, 0.15) is 55.6 Å². The summed E-state index contributed by atoms with van der Waals surface area (Å²) < 4.78 is 28.0. The molecule has 0 bridgehead atoms. The number of esters is 2. The Bertz CT molecular complexity index is 1640. The second-order valence-electron chi connectivity index (χ2n) is 11.3. The van der Waals surface area contributed by atoms with Gasteiger partial charge in [0.1, 0.15) is 6.61 Å². The maximum atomic E-state index is 12.9. The molecule has 1 heterocycles. The summed E-state index contributed by atoms with van der Waals surface area (Å²) in [7, 11) is 1.48. The van der Waals surface area contributed by atoms with Gasteiger partial charge in [-0.3, -0.25) is 14.9 Å². The number of nitrogens with zero attached hydrogens (tertiary/aromatic N) is 1. The predicted octanol–water partition coefficient (Wildman–Crippen LogP) is 4.98. The molecule has 0 aliphatic carbocycles. The lowest BCUT2D eigenvalue weighted by Gasteiger charge is -2.30. The minimum atomic E-state index is -1.36. The van der Waals surface area contributed by atoms with Gasteiger partial charge in [0.05, 0.1) is 34.7 Å². The molecule has 0 radical (unpaired) electrons. The molecule has 2 unspecified atom stereocenters. The Kier molecular flexibility index (Phi) is 14.5. The van der Waals surface area contributed by atoms with Gasteiger partial charge in [-0.2, -0.15) is 0 Å². The van der Waals surface area contributed by atoms with E-state index in [0.717, 1.165) is 11.1 Å². The molecule has 3 aromatic rings. The molecule has 3 N–H and O–H groups in total. The third-order valence-electron chi connectivity index (χ3n) is 7.23. The van der Waals surface area contributed by atoms with E-state index in [9.17, 15) is 29.1 Å². The summed E-state index contributed by atoms with van der Waals surface area (Å²) >= 11 is -1.36. The van der Waals surface area contributed by atoms with E-state index in [1.54, 1.807) is 33.8 Å². The third-order valence-corrected chi connectivity index (χ3v) is 8.87. The van der Waals surface area contributed by atoms with Gasteiger partial charge in [0, 0.05) is 41.8 Å². The first-order chi connectivity index (χ1) is 23.3. The Morgan fingerprint density at radius 3 is 1.92 bits per heavy atom. The third kappa shape index (κ3) is 10.8. The molecule has 12 nitrogen and oxygen atoms in total. The van der Waals surface area contributed by atoms with Crippen molar-refractivity contribution in [2.75, 3.05) is 26.1 Å². The van der Waals surface area contributed by atoms with Crippen LogP contribution in [0, 0.1) is 10.1 Å². The zero-order valence-corrected chi connectivity index (χ0v) is 28.9. The Morgan fingerprint density at radius 1 is 0.878 bits per heavy atom. The smallest absolute Gasteiger partial charge is 0.337 e. The van der Waals surface area contributed by atoms with Crippen molar-refractivity contribution in [2.45, 2.75) is 45.0 Å². The Morgan fingerprint density at radius 2 is 1.43 bits per heavy atom. The highest BCUT2D eigenvalue weighted by Gasteiger charge is 2.39. The predicted molar refractivity (Wildman–Crippen MR) is 185 cm³/mol. The fourth-order valence-corrected chi connectivity index (χ4v) is 6.60. The summed E-state index contributed by atoms with van der Waals surface area (Å²) in [6.07, 6.45) is -0.382. The molecular weight excluding hydrogens is 650 g/mol. The number of dihydropyridines is 1. The van der Waals surface area contributed by atoms with Gasteiger partial charge in [0.25, 0.3) is 11.6 Å². The number of hydrogen-bond acceptors (Lipinski definition) is 10. The summed E-state index contributed by atoms with van der Waals surface area (Å²) in [5.74, 6) is -2.81. The van der Waals surface area contributed by atoms with Crippen molar-refractivity contribution in [1.82, 2.24) is 5.32 Å². The van der Waals surface area contributed by atoms with Crippen molar-refractivity contribution in [1.29, 1.82) is 0 Å². The number of methoxy groups -OCH3 is 1. The molecule has 1 amide bonds. The highest BCUT2D eigenvalue weighted by atomic mass is 32.2. The molecule has 0 saturated heterocycles. The summed E-state index contributed by atoms with van der Waals surface area (Å²) in [5, 5.41) is 14.0. The highest BCUT2D eigenvalue weighted by Crippen LogP contribution is 2.40. The first kappa shape index (κ1) is 38.5. The van der Waals surface area contributed by atoms with Gasteiger partial charge < -0.3 is 29.8 Å². The number of hydrogen-bond donors (Lipinski definition) is 2. The van der Waals surface area contributed by atoms with Crippen molar-refractivity contribution in [3.05, 3.63) is 134 Å². The highest BCUT2D eigenvalue weighted by molar-refractivity contribution is 7.92. The van der Waals surface area contributed by atoms with E-state index in [1.165, 1.54) is 25.3 Å². The number of primary amides is 1. The van der Waals surface area contributed by atoms with E-state index in [-0.39, 0.29) is 47.2 Å². The number of ether oxygens (including phenoxy) is 3. The first-order valence-electron chi connectivity index (χ1n) is 15.4. The van der Waals surface area contributed by atoms with E-state index in [4.69, 9.17) is 19.9 Å². The van der Waals surface area contributed by atoms with Crippen LogP contribution in [0.3, 0.4) is 0 Å². The van der Waals surface area contributed by atoms with Crippen LogP contribution in [0.2, 0.25) is 0 Å². The molecule has 49 heavy (non-hydrogen) atoms. The number of nitro benzene ring substituents is 1. The van der Waals surface area contributed by atoms with Crippen LogP contribution in [0.4, 0.5) is 5.69 Å². The van der Waals surface area contributed by atoms with Crippen molar-refractivity contribution < 1.29 is 38.1 Å². The van der Waals surface area contributed by atoms with Crippen LogP contribution in [0.5, 0.6) is 0 Å². The molecular formula is C36H41N3O9S. The topological polar surface area (TPSA) is 183 Å². The van der Waals surface area contributed by atoms with Crippen molar-refractivity contribution >= 4 is 34.7 Å². The molecule has 2 atom stereocenters. The zero-order valence-electron chi connectivity index (χ0n) is 28.0. The molecule has 3 aromatic carbocycles. The lowest BCUT2D eigenvalue weighted by molar-refractivity contribution is -0.384. The Balaban J connectivity index is 0.000000293. The number of nitro groups is 1. The Hall–Kier alpha value is -4.98. The number of amides is 1. The van der Waals surface area contributed by atoms with Gasteiger partial charge in [-0.15, -0.1) is 0 Å². The maximum absolute atomic E-state index is 12.9. The fourth-order valence-electron chi connectivity index (χ4n) is 5.23. The molecule has 0 fully saturated rings. The van der Waals surface area contributed by atoms with Gasteiger partial charge in [0.2, 0.25) is 0 Å². The average Bonchev–Trinajstić information content (AvgIpc) is 3.05. The van der Waals surface area contributed by atoms with Crippen molar-refractivity contribution in [3.8, 4) is 0 Å². The minimum absolute atomic E-state index is 0.0300. The van der Waals surface area contributed by atoms with E-state index in [1.807, 2.05) is 60.7 Å². The lowest BCUT2D eigenvalue weighted by atomic mass is 9.80. The average molecular weight is 692 g/mol. The Labute approximate surface area is 288 Å². The number of rotatable bonds is 13. The first-order valence-corrected chi connectivity index (χ1v) is 16.8. The van der Waals surface area contributed by atoms with Gasteiger partial charge >= 0.3 is 11.9 Å². The number of carbonyl (C=O) groups is 3. The zero-order chi connectivity index (χ0) is 36.1. The summed E-state index contributed by atoms with van der Waals surface area (Å²) in [6.45, 7) is 7.05. The van der Waals surface area contributed by atoms with Crippen molar-refractivity contribution in [3.63, 3.8) is 0 Å². The van der Waals surface area contributed by atoms with E-state index < -0.39 is 39.9 Å². The summed E-state index contributed by atoms with van der Waals surface area (Å²) in [5.41, 5.74) is 8.66. The SMILES string of the molecule is COCCOC(=O)C1=C(C)NC(C)=C(C(=O)OC(C)C)C1c1cccc([N+](=O)[O-])c1.NC(=O)C[S+]([O-])C(c1ccccc1)c1ccccc1. The van der Waals surface area contributed by atoms with Crippen LogP contribution in [0.25, 0.3) is 0 Å². The van der Waals surface area contributed by atoms with Gasteiger partial charge in [-0.25, -0.2) is 9.59 Å². The molecule has 0 spiro atoms. The summed E-state index contributed by atoms with van der Waals surface area (Å²) in [6, 6.07) is 24.9. The van der Waals surface area contributed by atoms with Crippen LogP contribution < -0.4 is 11.1 Å². The standard InChI is InChI=1S/C21H26N2O7.C15H15NO2S/c1-12(2)30-21(25)18-14(4)22-13(3)17(20(24)29-10-9-28-5)19(18)15-7-6-8-16(11-15)23(26)27;16-14(17)11-19(18)15(12-7-3-1-4-8-12)13-9-5-2-6-10-13/h6-8,11-12,19,22H,9-10H2,1-5H3;1-10,15H,11H2,(H2,16,17). The molecule has 4 rings (SSSR count). The van der Waals surface area contributed by atoms with Crippen LogP contribution >= 0.6 is 0 Å². The lowest BCUT2D eigenvalue weighted by Crippen LogP contribution is -2.33. The quantitative estimate of drug-likeness (QED) is 0.0815. The van der Waals surface area contributed by atoms with Crippen LogP contribution in [0.15, 0.2) is 107 Å². The fraction of sp³-hybridized carbons (Fsp3) is 0.306. The second kappa shape index (κ2) is 18.5. The molecule has 13 heteroatoms. The molecule has 1 aliphatic heterocycles. The number of allylic oxidation sites excluding steroid dienone is 2. The number of non-ortho nitro benzene ring substituents is 1. The van der Waals surface area contributed by atoms with E-state index >= 15 is 0 Å². The number of benzene rings is 3. The second-order valence-corrected chi connectivity index (χ2v) is 12.8. The monoisotopic (exact) mass is 691 g/mol. The number of carbonyl (C=O) groups excluding carboxylic acids is 3. The van der Waals surface area contributed by atoms with Gasteiger partial charge in [-0.1, -0.05) is 72.8 Å². The molecule has 0 aromatic heterocycles. The largest absolute Gasteiger partial charge is 0.615 e. The summed E-state index contributed by atoms with van der Waals surface area (Å²) in [4.78, 5) is 47.6.